The molecule has 1 fully saturated rings. The highest BCUT2D eigenvalue weighted by Gasteiger charge is 2.27. The molecule has 6 aromatic rings. The molecule has 3 N–H and O–H groups in total. The van der Waals surface area contributed by atoms with Crippen LogP contribution in [0.5, 0.6) is 0 Å². The molecule has 0 unspecified atom stereocenters. The highest BCUT2D eigenvalue weighted by atomic mass is 35.5. The second-order valence-electron chi connectivity index (χ2n) is 17.0. The van der Waals surface area contributed by atoms with Crippen LogP contribution in [-0.2, 0) is 43.6 Å². The van der Waals surface area contributed by atoms with Gasteiger partial charge in [-0.3, -0.25) is 4.98 Å². The van der Waals surface area contributed by atoms with E-state index in [9.17, 15) is 4.79 Å². The molecular formula is C45H53Cl2N11O2. The molecule has 10 rings (SSSR count). The zero-order valence-electron chi connectivity index (χ0n) is 34.8. The Balaban J connectivity index is 0.000000144. The molecule has 4 aliphatic rings. The number of carbonyl (C=O) groups is 1. The molecule has 15 heteroatoms. The molecule has 0 atom stereocenters. The van der Waals surface area contributed by atoms with Gasteiger partial charge in [0.15, 0.2) is 0 Å². The molecule has 0 spiro atoms. The lowest BCUT2D eigenvalue weighted by atomic mass is 9.87. The van der Waals surface area contributed by atoms with Crippen LogP contribution in [0.1, 0.15) is 93.2 Å². The monoisotopic (exact) mass is 849 g/mol. The van der Waals surface area contributed by atoms with E-state index in [4.69, 9.17) is 37.9 Å². The van der Waals surface area contributed by atoms with E-state index in [1.165, 1.54) is 42.2 Å². The summed E-state index contributed by atoms with van der Waals surface area (Å²) in [5.74, 6) is 2.18. The zero-order chi connectivity index (χ0) is 41.8. The lowest BCUT2D eigenvalue weighted by Crippen LogP contribution is -2.40. The highest BCUT2D eigenvalue weighted by molar-refractivity contribution is 6.29. The maximum Gasteiger partial charge on any atom is 0.410 e. The molecule has 0 aromatic carbocycles. The van der Waals surface area contributed by atoms with Gasteiger partial charge < -0.3 is 30.2 Å². The maximum atomic E-state index is 12.0. The van der Waals surface area contributed by atoms with Gasteiger partial charge in [-0.1, -0.05) is 48.3 Å². The number of rotatable bonds is 3. The minimum absolute atomic E-state index is 0.296. The van der Waals surface area contributed by atoms with Gasteiger partial charge >= 0.3 is 6.09 Å². The molecule has 0 bridgehead atoms. The van der Waals surface area contributed by atoms with Crippen molar-refractivity contribution in [2.45, 2.75) is 104 Å². The van der Waals surface area contributed by atoms with E-state index in [-0.39, 0.29) is 6.09 Å². The third-order valence-electron chi connectivity index (χ3n) is 11.4. The molecule has 9 heterocycles. The van der Waals surface area contributed by atoms with E-state index in [1.807, 2.05) is 57.6 Å². The van der Waals surface area contributed by atoms with E-state index in [2.05, 4.69) is 65.6 Å². The first-order valence-corrected chi connectivity index (χ1v) is 21.8. The average molecular weight is 851 g/mol. The second kappa shape index (κ2) is 18.3. The minimum Gasteiger partial charge on any atom is -0.444 e. The van der Waals surface area contributed by atoms with Gasteiger partial charge in [-0.15, -0.1) is 0 Å². The van der Waals surface area contributed by atoms with Crippen molar-refractivity contribution in [2.24, 2.45) is 5.92 Å². The number of aromatic nitrogens is 7. The SMILES string of the molecule is CC(C)(C)OC(=O)N1CCc2ccc(Cl)nc2C1.CC1CCC(n2c3cnccc3c3cnc(Nc4ccc5c(n4)CNCC5)nc32)CC1.Clc1ccc2c(n1)CNCC2. The number of nitrogens with one attached hydrogen (secondary N) is 3. The molecule has 6 aromatic heterocycles. The molecule has 1 aliphatic carbocycles. The van der Waals surface area contributed by atoms with Crippen molar-refractivity contribution in [2.75, 3.05) is 25.0 Å². The minimum atomic E-state index is -0.473. The van der Waals surface area contributed by atoms with E-state index < -0.39 is 5.60 Å². The third kappa shape index (κ3) is 9.97. The summed E-state index contributed by atoms with van der Waals surface area (Å²) in [6.07, 6.45) is 13.2. The molecule has 0 radical (unpaired) electrons. The Morgan fingerprint density at radius 3 is 2.13 bits per heavy atom. The Hall–Kier alpha value is -4.95. The summed E-state index contributed by atoms with van der Waals surface area (Å²) >= 11 is 11.6. The van der Waals surface area contributed by atoms with Crippen molar-refractivity contribution < 1.29 is 9.53 Å². The van der Waals surface area contributed by atoms with Gasteiger partial charge in [0, 0.05) is 48.8 Å². The van der Waals surface area contributed by atoms with Crippen molar-refractivity contribution in [1.29, 1.82) is 0 Å². The predicted molar refractivity (Wildman–Crippen MR) is 237 cm³/mol. The van der Waals surface area contributed by atoms with Crippen LogP contribution in [0.4, 0.5) is 16.6 Å². The van der Waals surface area contributed by atoms with Crippen molar-refractivity contribution in [3.8, 4) is 0 Å². The van der Waals surface area contributed by atoms with Crippen molar-refractivity contribution in [1.82, 2.24) is 50.0 Å². The summed E-state index contributed by atoms with van der Waals surface area (Å²) in [4.78, 5) is 40.9. The highest BCUT2D eigenvalue weighted by Crippen LogP contribution is 2.38. The van der Waals surface area contributed by atoms with Gasteiger partial charge in [-0.25, -0.2) is 24.7 Å². The lowest BCUT2D eigenvalue weighted by Gasteiger charge is -2.30. The summed E-state index contributed by atoms with van der Waals surface area (Å²) in [6.45, 7) is 12.8. The Kier molecular flexibility index (Phi) is 12.8. The van der Waals surface area contributed by atoms with E-state index in [1.54, 1.807) is 11.0 Å². The Morgan fingerprint density at radius 2 is 1.43 bits per heavy atom. The molecular weight excluding hydrogens is 797 g/mol. The molecule has 314 valence electrons. The average Bonchev–Trinajstić information content (AvgIpc) is 3.57. The maximum absolute atomic E-state index is 12.0. The predicted octanol–water partition coefficient (Wildman–Crippen LogP) is 8.92. The number of anilines is 2. The summed E-state index contributed by atoms with van der Waals surface area (Å²) in [5, 5.41) is 13.3. The van der Waals surface area contributed by atoms with Gasteiger partial charge in [0.2, 0.25) is 5.95 Å². The van der Waals surface area contributed by atoms with Crippen molar-refractivity contribution in [3.63, 3.8) is 0 Å². The quantitative estimate of drug-likeness (QED) is 0.147. The number of halogens is 2. The third-order valence-corrected chi connectivity index (χ3v) is 11.9. The van der Waals surface area contributed by atoms with E-state index >= 15 is 0 Å². The van der Waals surface area contributed by atoms with Crippen LogP contribution in [0, 0.1) is 5.92 Å². The number of nitrogens with zero attached hydrogens (tertiary/aromatic N) is 8. The molecule has 13 nitrogen and oxygen atoms in total. The lowest BCUT2D eigenvalue weighted by molar-refractivity contribution is 0.0221. The van der Waals surface area contributed by atoms with Gasteiger partial charge in [0.25, 0.3) is 0 Å². The van der Waals surface area contributed by atoms with Crippen LogP contribution in [0.2, 0.25) is 10.3 Å². The zero-order valence-corrected chi connectivity index (χ0v) is 36.3. The van der Waals surface area contributed by atoms with E-state index in [0.717, 1.165) is 96.4 Å². The van der Waals surface area contributed by atoms with Crippen molar-refractivity contribution in [3.05, 3.63) is 105 Å². The van der Waals surface area contributed by atoms with Gasteiger partial charge in [-0.2, -0.15) is 4.98 Å². The molecule has 1 amide bonds. The first-order chi connectivity index (χ1) is 29.0. The van der Waals surface area contributed by atoms with Gasteiger partial charge in [0.1, 0.15) is 27.4 Å². The summed E-state index contributed by atoms with van der Waals surface area (Å²) < 4.78 is 7.75. The topological polar surface area (TPSA) is 148 Å². The second-order valence-corrected chi connectivity index (χ2v) is 17.8. The number of amides is 1. The fourth-order valence-electron chi connectivity index (χ4n) is 8.30. The Labute approximate surface area is 361 Å². The Bertz CT molecular complexity index is 2480. The van der Waals surface area contributed by atoms with Gasteiger partial charge in [-0.05, 0) is 126 Å². The molecule has 3 aliphatic heterocycles. The number of fused-ring (bicyclic) bond motifs is 6. The smallest absolute Gasteiger partial charge is 0.410 e. The number of hydrogen-bond acceptors (Lipinski definition) is 11. The standard InChI is InChI=1S/C24H27N7.C13H17ClN2O2.C8H9ClN2/c1-15-2-5-17(6-3-15)31-21-14-26-11-9-18(21)19-12-27-24(30-23(19)31)29-22-7-4-16-8-10-25-13-20(16)28-22;1-13(2,3)18-12(17)16-7-6-9-4-5-11(14)15-10(9)8-16;9-8-2-1-6-3-4-10-5-7(6)11-8/h4,7,9,11-12,14-15,17,25H,2-3,5-6,8,10,13H2,1H3,(H,27,28,29,30);4-5H,6-8H2,1-3H3;1-2,10H,3-5H2. The van der Waals surface area contributed by atoms with E-state index in [0.29, 0.717) is 35.4 Å². The summed E-state index contributed by atoms with van der Waals surface area (Å²) in [6, 6.07) is 14.4. The normalized spacial score (nSPS) is 18.5. The van der Waals surface area contributed by atoms with Crippen LogP contribution in [0.3, 0.4) is 0 Å². The summed E-state index contributed by atoms with van der Waals surface area (Å²) in [7, 11) is 0. The molecule has 0 saturated heterocycles. The fraction of sp³-hybridized carbons (Fsp3) is 0.444. The van der Waals surface area contributed by atoms with Gasteiger partial charge in [0.05, 0.1) is 35.3 Å². The Morgan fingerprint density at radius 1 is 0.783 bits per heavy atom. The number of hydrogen-bond donors (Lipinski definition) is 3. The first kappa shape index (κ1) is 41.8. The van der Waals surface area contributed by atoms with Crippen LogP contribution >= 0.6 is 23.2 Å². The van der Waals surface area contributed by atoms with Crippen LogP contribution < -0.4 is 16.0 Å². The number of pyridine rings is 4. The fourth-order valence-corrected chi connectivity index (χ4v) is 8.63. The molecule has 60 heavy (non-hydrogen) atoms. The van der Waals surface area contributed by atoms with Crippen LogP contribution in [0.15, 0.2) is 61.1 Å². The number of ether oxygens (including phenoxy) is 1. The van der Waals surface area contributed by atoms with Crippen molar-refractivity contribution >= 4 is 63.0 Å². The molecule has 1 saturated carbocycles. The summed E-state index contributed by atoms with van der Waals surface area (Å²) in [5.41, 5.74) is 8.53. The first-order valence-electron chi connectivity index (χ1n) is 21.0. The number of carbonyl (C=O) groups excluding carboxylic acids is 1. The largest absolute Gasteiger partial charge is 0.444 e. The van der Waals surface area contributed by atoms with Crippen LogP contribution in [-0.4, -0.2) is 70.7 Å². The van der Waals surface area contributed by atoms with Crippen LogP contribution in [0.25, 0.3) is 21.9 Å².